The minimum Gasteiger partial charge on any atom is -0.478 e. The van der Waals surface area contributed by atoms with Gasteiger partial charge >= 0.3 is 5.97 Å². The molecular formula is C18H16FNO3. The second-order valence-corrected chi connectivity index (χ2v) is 5.65. The summed E-state index contributed by atoms with van der Waals surface area (Å²) in [6, 6.07) is 10.9. The molecule has 2 aromatic carbocycles. The van der Waals surface area contributed by atoms with E-state index < -0.39 is 11.8 Å². The minimum absolute atomic E-state index is 0.0306. The van der Waals surface area contributed by atoms with Crippen molar-refractivity contribution < 1.29 is 19.1 Å². The topological polar surface area (TPSA) is 66.4 Å². The quantitative estimate of drug-likeness (QED) is 0.912. The van der Waals surface area contributed by atoms with E-state index in [1.54, 1.807) is 36.4 Å². The van der Waals surface area contributed by atoms with Crippen molar-refractivity contribution in [3.05, 3.63) is 70.5 Å². The van der Waals surface area contributed by atoms with Gasteiger partial charge in [-0.2, -0.15) is 0 Å². The van der Waals surface area contributed by atoms with Gasteiger partial charge in [0.2, 0.25) is 5.91 Å². The molecule has 4 nitrogen and oxygen atoms in total. The lowest BCUT2D eigenvalue weighted by molar-refractivity contribution is -0.121. The number of rotatable bonds is 4. The molecule has 0 aromatic heterocycles. The van der Waals surface area contributed by atoms with E-state index in [4.69, 9.17) is 5.11 Å². The van der Waals surface area contributed by atoms with Gasteiger partial charge in [0, 0.05) is 0 Å². The fourth-order valence-electron chi connectivity index (χ4n) is 2.95. The minimum atomic E-state index is -0.990. The Kier molecular flexibility index (Phi) is 4.10. The van der Waals surface area contributed by atoms with E-state index in [0.717, 1.165) is 24.0 Å². The molecule has 0 unspecified atom stereocenters. The van der Waals surface area contributed by atoms with Crippen LogP contribution in [0.15, 0.2) is 42.5 Å². The Balaban J connectivity index is 1.73. The lowest BCUT2D eigenvalue weighted by Crippen LogP contribution is -2.29. The average Bonchev–Trinajstić information content (AvgIpc) is 2.92. The smallest absolute Gasteiger partial charge is 0.335 e. The maximum absolute atomic E-state index is 13.6. The first-order valence-electron chi connectivity index (χ1n) is 7.43. The van der Waals surface area contributed by atoms with Crippen LogP contribution in [-0.4, -0.2) is 17.0 Å². The number of hydrogen-bond donors (Lipinski definition) is 2. The number of amides is 1. The van der Waals surface area contributed by atoms with Gasteiger partial charge in [-0.1, -0.05) is 24.3 Å². The van der Waals surface area contributed by atoms with Crippen molar-refractivity contribution in [2.45, 2.75) is 25.3 Å². The number of fused-ring (bicyclic) bond motifs is 1. The van der Waals surface area contributed by atoms with Crippen LogP contribution in [0.3, 0.4) is 0 Å². The highest BCUT2D eigenvalue weighted by Crippen LogP contribution is 2.32. The molecule has 3 rings (SSSR count). The third kappa shape index (κ3) is 3.23. The molecule has 0 spiro atoms. The summed E-state index contributed by atoms with van der Waals surface area (Å²) in [5, 5.41) is 12.0. The van der Waals surface area contributed by atoms with Gasteiger partial charge in [-0.3, -0.25) is 4.79 Å². The fraction of sp³-hybridized carbons (Fsp3) is 0.222. The lowest BCUT2D eigenvalue weighted by atomic mass is 10.0. The van der Waals surface area contributed by atoms with Crippen molar-refractivity contribution in [1.29, 1.82) is 0 Å². The average molecular weight is 313 g/mol. The van der Waals surface area contributed by atoms with Gasteiger partial charge in [-0.15, -0.1) is 0 Å². The number of aryl methyl sites for hydroxylation is 1. The summed E-state index contributed by atoms with van der Waals surface area (Å²) in [7, 11) is 0. The normalized spacial score (nSPS) is 16.0. The summed E-state index contributed by atoms with van der Waals surface area (Å²) < 4.78 is 13.6. The van der Waals surface area contributed by atoms with Crippen molar-refractivity contribution in [1.82, 2.24) is 5.32 Å². The molecule has 0 fully saturated rings. The molecule has 2 aromatic rings. The Morgan fingerprint density at radius 2 is 2.00 bits per heavy atom. The van der Waals surface area contributed by atoms with Crippen LogP contribution in [-0.2, 0) is 17.6 Å². The van der Waals surface area contributed by atoms with E-state index in [0.29, 0.717) is 5.56 Å². The van der Waals surface area contributed by atoms with Gasteiger partial charge in [0.1, 0.15) is 5.82 Å². The molecule has 118 valence electrons. The van der Waals surface area contributed by atoms with Crippen molar-refractivity contribution in [2.24, 2.45) is 0 Å². The molecule has 0 aliphatic heterocycles. The summed E-state index contributed by atoms with van der Waals surface area (Å²) in [6.45, 7) is 0. The molecule has 0 heterocycles. The maximum atomic E-state index is 13.6. The Labute approximate surface area is 133 Å². The van der Waals surface area contributed by atoms with Crippen molar-refractivity contribution in [2.75, 3.05) is 0 Å². The second-order valence-electron chi connectivity index (χ2n) is 5.65. The van der Waals surface area contributed by atoms with E-state index in [9.17, 15) is 14.0 Å². The van der Waals surface area contributed by atoms with Crippen LogP contribution in [0.25, 0.3) is 0 Å². The summed E-state index contributed by atoms with van der Waals surface area (Å²) >= 11 is 0. The third-order valence-electron chi connectivity index (χ3n) is 4.11. The lowest BCUT2D eigenvalue weighted by Gasteiger charge is -2.15. The Bertz CT molecular complexity index is 773. The first kappa shape index (κ1) is 15.2. The van der Waals surface area contributed by atoms with Crippen molar-refractivity contribution in [3.63, 3.8) is 0 Å². The maximum Gasteiger partial charge on any atom is 0.335 e. The molecule has 1 aliphatic rings. The molecular weight excluding hydrogens is 297 g/mol. The number of nitrogens with one attached hydrogen (secondary N) is 1. The summed E-state index contributed by atoms with van der Waals surface area (Å²) in [5.41, 5.74) is 2.44. The Hall–Kier alpha value is -2.69. The molecule has 1 atom stereocenters. The van der Waals surface area contributed by atoms with E-state index >= 15 is 0 Å². The molecule has 1 aliphatic carbocycles. The van der Waals surface area contributed by atoms with Crippen LogP contribution in [0.1, 0.15) is 39.5 Å². The van der Waals surface area contributed by atoms with Crippen LogP contribution < -0.4 is 5.32 Å². The third-order valence-corrected chi connectivity index (χ3v) is 4.11. The van der Waals surface area contributed by atoms with E-state index in [2.05, 4.69) is 5.32 Å². The number of carboxylic acid groups (broad SMARTS) is 1. The molecule has 0 radical (unpaired) electrons. The number of carbonyl (C=O) groups excluding carboxylic acids is 1. The van der Waals surface area contributed by atoms with Gasteiger partial charge < -0.3 is 10.4 Å². The van der Waals surface area contributed by atoms with Gasteiger partial charge in [0.05, 0.1) is 18.0 Å². The van der Waals surface area contributed by atoms with Crippen LogP contribution in [0.4, 0.5) is 4.39 Å². The Morgan fingerprint density at radius 3 is 2.74 bits per heavy atom. The van der Waals surface area contributed by atoms with E-state index in [1.807, 2.05) is 0 Å². The zero-order valence-electron chi connectivity index (χ0n) is 12.4. The van der Waals surface area contributed by atoms with E-state index in [1.165, 1.54) is 6.07 Å². The first-order valence-corrected chi connectivity index (χ1v) is 7.43. The highest BCUT2D eigenvalue weighted by molar-refractivity contribution is 5.88. The SMILES string of the molecule is O=C(Cc1ccccc1F)N[C@@H]1CCc2ccc(C(=O)O)cc21. The predicted octanol–water partition coefficient (Wildman–Crippen LogP) is 2.87. The second kappa shape index (κ2) is 6.20. The Morgan fingerprint density at radius 1 is 1.22 bits per heavy atom. The van der Waals surface area contributed by atoms with Gasteiger partial charge in [-0.05, 0) is 47.7 Å². The zero-order chi connectivity index (χ0) is 16.4. The van der Waals surface area contributed by atoms with Crippen LogP contribution in [0.2, 0.25) is 0 Å². The molecule has 0 bridgehead atoms. The first-order chi connectivity index (χ1) is 11.0. The summed E-state index contributed by atoms with van der Waals surface area (Å²) in [6.07, 6.45) is 1.48. The number of carbonyl (C=O) groups is 2. The van der Waals surface area contributed by atoms with E-state index in [-0.39, 0.29) is 23.9 Å². The highest BCUT2D eigenvalue weighted by atomic mass is 19.1. The molecule has 0 saturated carbocycles. The standard InChI is InChI=1S/C18H16FNO3/c19-15-4-2-1-3-12(15)10-17(21)20-16-8-7-11-5-6-13(18(22)23)9-14(11)16/h1-6,9,16H,7-8,10H2,(H,20,21)(H,22,23)/t16-/m1/s1. The van der Waals surface area contributed by atoms with Gasteiger partial charge in [-0.25, -0.2) is 9.18 Å². The van der Waals surface area contributed by atoms with Gasteiger partial charge in [0.15, 0.2) is 0 Å². The number of aromatic carboxylic acids is 1. The van der Waals surface area contributed by atoms with Crippen LogP contribution >= 0.6 is 0 Å². The van der Waals surface area contributed by atoms with Crippen molar-refractivity contribution >= 4 is 11.9 Å². The molecule has 0 saturated heterocycles. The van der Waals surface area contributed by atoms with Gasteiger partial charge in [0.25, 0.3) is 0 Å². The largest absolute Gasteiger partial charge is 0.478 e. The van der Waals surface area contributed by atoms with Crippen LogP contribution in [0.5, 0.6) is 0 Å². The number of carboxylic acids is 1. The molecule has 5 heteroatoms. The molecule has 1 amide bonds. The number of benzene rings is 2. The summed E-state index contributed by atoms with van der Waals surface area (Å²) in [4.78, 5) is 23.2. The zero-order valence-corrected chi connectivity index (χ0v) is 12.4. The fourth-order valence-corrected chi connectivity index (χ4v) is 2.95. The molecule has 23 heavy (non-hydrogen) atoms. The molecule has 2 N–H and O–H groups in total. The number of hydrogen-bond acceptors (Lipinski definition) is 2. The predicted molar refractivity (Wildman–Crippen MR) is 82.7 cm³/mol. The van der Waals surface area contributed by atoms with Crippen molar-refractivity contribution in [3.8, 4) is 0 Å². The summed E-state index contributed by atoms with van der Waals surface area (Å²) in [5.74, 6) is -1.66. The monoisotopic (exact) mass is 313 g/mol. The number of halogens is 1. The highest BCUT2D eigenvalue weighted by Gasteiger charge is 2.25. The van der Waals surface area contributed by atoms with Crippen LogP contribution in [0, 0.1) is 5.82 Å².